The Kier molecular flexibility index (Phi) is 7.23. The molecule has 7 nitrogen and oxygen atoms in total. The smallest absolute Gasteiger partial charge is 0.227 e. The number of carbonyl (C=O) groups is 1. The fourth-order valence-corrected chi connectivity index (χ4v) is 5.18. The number of rotatable bonds is 5. The molecule has 2 aliphatic rings. The zero-order chi connectivity index (χ0) is 25.1. The topological polar surface area (TPSA) is 61.8 Å². The van der Waals surface area contributed by atoms with Gasteiger partial charge in [-0.15, -0.1) is 10.2 Å². The molecule has 0 bridgehead atoms. The molecule has 0 spiro atoms. The van der Waals surface area contributed by atoms with Crippen LogP contribution in [0.3, 0.4) is 0 Å². The first kappa shape index (κ1) is 24.3. The zero-order valence-corrected chi connectivity index (χ0v) is 21.0. The summed E-state index contributed by atoms with van der Waals surface area (Å²) >= 11 is 5.95. The van der Waals surface area contributed by atoms with Gasteiger partial charge in [-0.25, -0.2) is 4.39 Å². The molecule has 2 fully saturated rings. The molecule has 1 amide bonds. The van der Waals surface area contributed by atoms with E-state index >= 15 is 0 Å². The Balaban J connectivity index is 1.20. The van der Waals surface area contributed by atoms with Gasteiger partial charge in [0.15, 0.2) is 5.82 Å². The summed E-state index contributed by atoms with van der Waals surface area (Å²) in [6.07, 6.45) is 1.80. The van der Waals surface area contributed by atoms with Crippen molar-refractivity contribution in [3.63, 3.8) is 0 Å². The second kappa shape index (κ2) is 10.7. The van der Waals surface area contributed by atoms with Crippen LogP contribution in [0.4, 0.5) is 15.9 Å². The van der Waals surface area contributed by atoms with E-state index in [1.165, 1.54) is 6.07 Å². The number of methoxy groups -OCH3 is 1. The van der Waals surface area contributed by atoms with Crippen LogP contribution in [0.1, 0.15) is 12.8 Å². The molecule has 1 unspecified atom stereocenters. The normalized spacial score (nSPS) is 18.3. The number of hydrogen-bond donors (Lipinski definition) is 0. The number of ether oxygens (including phenoxy) is 1. The number of nitrogens with zero attached hydrogens (tertiary/aromatic N) is 5. The van der Waals surface area contributed by atoms with E-state index in [2.05, 4.69) is 20.0 Å². The van der Waals surface area contributed by atoms with E-state index in [0.717, 1.165) is 47.9 Å². The molecular formula is C27H29ClFN5O2. The van der Waals surface area contributed by atoms with E-state index in [-0.39, 0.29) is 16.8 Å². The van der Waals surface area contributed by atoms with Gasteiger partial charge in [-0.3, -0.25) is 4.79 Å². The highest BCUT2D eigenvalue weighted by Gasteiger charge is 2.31. The summed E-state index contributed by atoms with van der Waals surface area (Å²) in [7, 11) is 1.64. The summed E-state index contributed by atoms with van der Waals surface area (Å²) in [5.74, 6) is 1.24. The third-order valence-electron chi connectivity index (χ3n) is 6.99. The van der Waals surface area contributed by atoms with Crippen molar-refractivity contribution >= 4 is 29.0 Å². The standard InChI is InChI=1S/C27H29ClFN5O2/c1-36-25-7-3-2-6-21(25)24-10-11-26(31-30-24)34-12-4-5-19(18-34)27(35)33-15-13-32(14-16-33)20-8-9-23(29)22(28)17-20/h2-3,6-11,17,19H,4-5,12-16,18H2,1H3. The van der Waals surface area contributed by atoms with E-state index in [1.54, 1.807) is 19.2 Å². The molecule has 1 atom stereocenters. The predicted molar refractivity (Wildman–Crippen MR) is 139 cm³/mol. The highest BCUT2D eigenvalue weighted by atomic mass is 35.5. The second-order valence-corrected chi connectivity index (χ2v) is 9.58. The number of piperidine rings is 1. The average molecular weight is 510 g/mol. The Morgan fingerprint density at radius 3 is 2.53 bits per heavy atom. The maximum absolute atomic E-state index is 13.5. The lowest BCUT2D eigenvalue weighted by Gasteiger charge is -2.40. The largest absolute Gasteiger partial charge is 0.496 e. The first-order chi connectivity index (χ1) is 17.5. The van der Waals surface area contributed by atoms with Crippen LogP contribution in [0.5, 0.6) is 5.75 Å². The number of aromatic nitrogens is 2. The quantitative estimate of drug-likeness (QED) is 0.504. The Bertz CT molecular complexity index is 1220. The van der Waals surface area contributed by atoms with Crippen molar-refractivity contribution in [3.05, 3.63) is 65.4 Å². The van der Waals surface area contributed by atoms with Crippen LogP contribution in [0.25, 0.3) is 11.3 Å². The molecule has 5 rings (SSSR count). The highest BCUT2D eigenvalue weighted by Crippen LogP contribution is 2.30. The lowest BCUT2D eigenvalue weighted by Crippen LogP contribution is -2.52. The summed E-state index contributed by atoms with van der Waals surface area (Å²) in [5, 5.41) is 9.02. The van der Waals surface area contributed by atoms with Crippen molar-refractivity contribution in [2.45, 2.75) is 12.8 Å². The first-order valence-electron chi connectivity index (χ1n) is 12.2. The molecule has 9 heteroatoms. The molecule has 3 heterocycles. The van der Waals surface area contributed by atoms with Gasteiger partial charge in [0.05, 0.1) is 23.7 Å². The first-order valence-corrected chi connectivity index (χ1v) is 12.6. The van der Waals surface area contributed by atoms with Gasteiger partial charge in [0.1, 0.15) is 11.6 Å². The van der Waals surface area contributed by atoms with Gasteiger partial charge in [0.2, 0.25) is 5.91 Å². The van der Waals surface area contributed by atoms with Crippen LogP contribution in [-0.4, -0.2) is 67.4 Å². The lowest BCUT2D eigenvalue weighted by atomic mass is 9.96. The summed E-state index contributed by atoms with van der Waals surface area (Å²) in [5.41, 5.74) is 2.53. The second-order valence-electron chi connectivity index (χ2n) is 9.17. The SMILES string of the molecule is COc1ccccc1-c1ccc(N2CCCC(C(=O)N3CCN(c4ccc(F)c(Cl)c4)CC3)C2)nn1. The Morgan fingerprint density at radius 2 is 1.81 bits per heavy atom. The number of benzene rings is 2. The third-order valence-corrected chi connectivity index (χ3v) is 7.28. The van der Waals surface area contributed by atoms with Gasteiger partial charge in [0, 0.05) is 50.5 Å². The third kappa shape index (κ3) is 5.09. The van der Waals surface area contributed by atoms with Crippen LogP contribution in [0.2, 0.25) is 5.02 Å². The number of piperazine rings is 1. The van der Waals surface area contributed by atoms with Gasteiger partial charge in [-0.2, -0.15) is 0 Å². The Labute approximate surface area is 215 Å². The van der Waals surface area contributed by atoms with Crippen LogP contribution in [0.15, 0.2) is 54.6 Å². The van der Waals surface area contributed by atoms with Gasteiger partial charge < -0.3 is 19.4 Å². The fraction of sp³-hybridized carbons (Fsp3) is 0.370. The number of amides is 1. The Hall–Kier alpha value is -3.39. The van der Waals surface area contributed by atoms with E-state index in [9.17, 15) is 9.18 Å². The van der Waals surface area contributed by atoms with E-state index in [1.807, 2.05) is 41.3 Å². The molecular weight excluding hydrogens is 481 g/mol. The molecule has 188 valence electrons. The minimum atomic E-state index is -0.421. The molecule has 1 aromatic heterocycles. The number of carbonyl (C=O) groups excluding carboxylic acids is 1. The van der Waals surface area contributed by atoms with E-state index in [4.69, 9.17) is 16.3 Å². The van der Waals surface area contributed by atoms with Gasteiger partial charge in [0.25, 0.3) is 0 Å². The van der Waals surface area contributed by atoms with Crippen molar-refractivity contribution in [1.29, 1.82) is 0 Å². The number of halogens is 2. The molecule has 2 aromatic carbocycles. The summed E-state index contributed by atoms with van der Waals surface area (Å²) < 4.78 is 18.9. The molecule has 36 heavy (non-hydrogen) atoms. The van der Waals surface area contributed by atoms with Crippen LogP contribution < -0.4 is 14.5 Å². The van der Waals surface area contributed by atoms with Crippen molar-refractivity contribution in [1.82, 2.24) is 15.1 Å². The minimum Gasteiger partial charge on any atom is -0.496 e. The van der Waals surface area contributed by atoms with Gasteiger partial charge >= 0.3 is 0 Å². The number of para-hydroxylation sites is 1. The molecule has 2 saturated heterocycles. The molecule has 0 radical (unpaired) electrons. The minimum absolute atomic E-state index is 0.0683. The summed E-state index contributed by atoms with van der Waals surface area (Å²) in [6.45, 7) is 4.15. The molecule has 0 aliphatic carbocycles. The number of anilines is 2. The van der Waals surface area contributed by atoms with Gasteiger partial charge in [-0.1, -0.05) is 23.7 Å². The molecule has 2 aliphatic heterocycles. The predicted octanol–water partition coefficient (Wildman–Crippen LogP) is 4.51. The molecule has 0 N–H and O–H groups in total. The van der Waals surface area contributed by atoms with Crippen LogP contribution in [-0.2, 0) is 4.79 Å². The average Bonchev–Trinajstić information content (AvgIpc) is 2.94. The zero-order valence-electron chi connectivity index (χ0n) is 20.2. The van der Waals surface area contributed by atoms with Crippen molar-refractivity contribution in [3.8, 4) is 17.0 Å². The van der Waals surface area contributed by atoms with E-state index in [0.29, 0.717) is 32.7 Å². The summed E-state index contributed by atoms with van der Waals surface area (Å²) in [4.78, 5) is 19.6. The Morgan fingerprint density at radius 1 is 1.00 bits per heavy atom. The van der Waals surface area contributed by atoms with Gasteiger partial charge in [-0.05, 0) is 55.3 Å². The van der Waals surface area contributed by atoms with E-state index < -0.39 is 5.82 Å². The fourth-order valence-electron chi connectivity index (χ4n) is 5.01. The van der Waals surface area contributed by atoms with Crippen molar-refractivity contribution in [2.75, 3.05) is 56.2 Å². The van der Waals surface area contributed by atoms with Crippen molar-refractivity contribution < 1.29 is 13.9 Å². The van der Waals surface area contributed by atoms with Crippen LogP contribution >= 0.6 is 11.6 Å². The maximum atomic E-state index is 13.5. The lowest BCUT2D eigenvalue weighted by molar-refractivity contribution is -0.136. The molecule has 0 saturated carbocycles. The monoisotopic (exact) mass is 509 g/mol. The highest BCUT2D eigenvalue weighted by molar-refractivity contribution is 6.31. The molecule has 3 aromatic rings. The maximum Gasteiger partial charge on any atom is 0.227 e. The summed E-state index contributed by atoms with van der Waals surface area (Å²) in [6, 6.07) is 16.4. The van der Waals surface area contributed by atoms with Crippen molar-refractivity contribution in [2.24, 2.45) is 5.92 Å². The number of hydrogen-bond acceptors (Lipinski definition) is 6. The van der Waals surface area contributed by atoms with Crippen LogP contribution in [0, 0.1) is 11.7 Å².